The van der Waals surface area contributed by atoms with E-state index in [0.29, 0.717) is 18.5 Å². The summed E-state index contributed by atoms with van der Waals surface area (Å²) in [4.78, 5) is 30.9. The number of aromatic nitrogens is 1. The highest BCUT2D eigenvalue weighted by atomic mass is 16.5. The van der Waals surface area contributed by atoms with Crippen molar-refractivity contribution in [1.82, 2.24) is 15.2 Å². The average molecular weight is 382 g/mol. The molecule has 1 fully saturated rings. The van der Waals surface area contributed by atoms with Gasteiger partial charge in [0.25, 0.3) is 5.91 Å². The Kier molecular flexibility index (Phi) is 5.82. The average Bonchev–Trinajstić information content (AvgIpc) is 2.91. The van der Waals surface area contributed by atoms with Crippen LogP contribution in [-0.2, 0) is 17.8 Å². The summed E-state index contributed by atoms with van der Waals surface area (Å²) < 4.78 is 5.16. The van der Waals surface area contributed by atoms with E-state index in [4.69, 9.17) is 4.74 Å². The summed E-state index contributed by atoms with van der Waals surface area (Å²) in [7, 11) is 1.63. The van der Waals surface area contributed by atoms with Gasteiger partial charge in [-0.2, -0.15) is 0 Å². The van der Waals surface area contributed by atoms with Gasteiger partial charge in [0.1, 0.15) is 11.3 Å². The smallest absolute Gasteiger partial charge is 0.325 e. The zero-order chi connectivity index (χ0) is 20.1. The lowest BCUT2D eigenvalue weighted by Crippen LogP contribution is -2.44. The largest absolute Gasteiger partial charge is 0.497 e. The lowest BCUT2D eigenvalue weighted by molar-refractivity contribution is -0.131. The molecule has 3 amide bonds. The van der Waals surface area contributed by atoms with Crippen LogP contribution in [0, 0.1) is 0 Å². The fourth-order valence-corrected chi connectivity index (χ4v) is 3.29. The number of amides is 3. The second-order valence-electron chi connectivity index (χ2n) is 7.07. The van der Waals surface area contributed by atoms with E-state index in [2.05, 4.69) is 15.6 Å². The van der Waals surface area contributed by atoms with Crippen LogP contribution in [0.15, 0.2) is 42.6 Å². The number of urea groups is 1. The van der Waals surface area contributed by atoms with Crippen LogP contribution in [0.1, 0.15) is 31.5 Å². The van der Waals surface area contributed by atoms with Crippen molar-refractivity contribution in [2.24, 2.45) is 0 Å². The Balaban J connectivity index is 1.66. The number of hydrogen-bond acceptors (Lipinski definition) is 5. The van der Waals surface area contributed by atoms with Crippen molar-refractivity contribution in [1.29, 1.82) is 0 Å². The van der Waals surface area contributed by atoms with Crippen LogP contribution >= 0.6 is 0 Å². The van der Waals surface area contributed by atoms with Gasteiger partial charge < -0.3 is 15.4 Å². The molecule has 7 nitrogen and oxygen atoms in total. The zero-order valence-corrected chi connectivity index (χ0v) is 16.5. The van der Waals surface area contributed by atoms with Gasteiger partial charge >= 0.3 is 6.03 Å². The molecular weight excluding hydrogens is 356 g/mol. The lowest BCUT2D eigenvalue weighted by Gasteiger charge is -2.21. The normalized spacial score (nSPS) is 18.9. The van der Waals surface area contributed by atoms with Gasteiger partial charge in [-0.3, -0.25) is 14.7 Å². The molecule has 0 aliphatic carbocycles. The molecule has 1 atom stereocenters. The molecule has 28 heavy (non-hydrogen) atoms. The molecule has 2 heterocycles. The molecule has 1 saturated heterocycles. The molecule has 1 unspecified atom stereocenters. The Morgan fingerprint density at radius 3 is 2.64 bits per heavy atom. The van der Waals surface area contributed by atoms with Crippen molar-refractivity contribution in [2.45, 2.75) is 38.8 Å². The maximum absolute atomic E-state index is 13.0. The Bertz CT molecular complexity index is 853. The number of nitrogens with zero attached hydrogens (tertiary/aromatic N) is 2. The van der Waals surface area contributed by atoms with E-state index in [1.165, 1.54) is 4.90 Å². The van der Waals surface area contributed by atoms with E-state index in [1.54, 1.807) is 20.2 Å². The molecule has 1 aliphatic rings. The summed E-state index contributed by atoms with van der Waals surface area (Å²) in [5.41, 5.74) is 1.75. The maximum atomic E-state index is 13.0. The van der Waals surface area contributed by atoms with Crippen molar-refractivity contribution >= 4 is 17.6 Å². The van der Waals surface area contributed by atoms with E-state index in [1.807, 2.05) is 43.3 Å². The molecule has 7 heteroatoms. The van der Waals surface area contributed by atoms with Crippen LogP contribution in [0.4, 0.5) is 10.5 Å². The molecule has 0 radical (unpaired) electrons. The summed E-state index contributed by atoms with van der Waals surface area (Å²) in [6.45, 7) is 4.73. The van der Waals surface area contributed by atoms with Gasteiger partial charge in [-0.05, 0) is 56.5 Å². The minimum atomic E-state index is -0.920. The Morgan fingerprint density at radius 1 is 1.21 bits per heavy atom. The summed E-state index contributed by atoms with van der Waals surface area (Å²) in [6, 6.07) is 11.1. The summed E-state index contributed by atoms with van der Waals surface area (Å²) >= 11 is 0. The number of anilines is 1. The first-order valence-corrected chi connectivity index (χ1v) is 9.41. The van der Waals surface area contributed by atoms with Gasteiger partial charge in [0.05, 0.1) is 19.3 Å². The first-order chi connectivity index (χ1) is 13.4. The predicted octanol–water partition coefficient (Wildman–Crippen LogP) is 2.97. The summed E-state index contributed by atoms with van der Waals surface area (Å²) in [5.74, 6) is 0.570. The van der Waals surface area contributed by atoms with Crippen molar-refractivity contribution in [2.75, 3.05) is 19.0 Å². The number of pyridine rings is 1. The third-order valence-electron chi connectivity index (χ3n) is 4.94. The molecule has 148 valence electrons. The number of carbonyl (C=O) groups excluding carboxylic acids is 2. The number of methoxy groups -OCH3 is 1. The van der Waals surface area contributed by atoms with Crippen molar-refractivity contribution in [3.63, 3.8) is 0 Å². The van der Waals surface area contributed by atoms with E-state index < -0.39 is 5.54 Å². The van der Waals surface area contributed by atoms with Gasteiger partial charge in [-0.25, -0.2) is 4.79 Å². The summed E-state index contributed by atoms with van der Waals surface area (Å²) in [6.07, 6.45) is 2.87. The lowest BCUT2D eigenvalue weighted by atomic mass is 9.93. The molecule has 0 saturated carbocycles. The fourth-order valence-electron chi connectivity index (χ4n) is 3.29. The van der Waals surface area contributed by atoms with Gasteiger partial charge in [-0.15, -0.1) is 0 Å². The second kappa shape index (κ2) is 8.29. The van der Waals surface area contributed by atoms with Crippen LogP contribution in [0.5, 0.6) is 5.75 Å². The number of carbonyl (C=O) groups is 2. The number of nitrogens with one attached hydrogen (secondary N) is 2. The van der Waals surface area contributed by atoms with Crippen LogP contribution in [0.3, 0.4) is 0 Å². The number of imide groups is 1. The minimum Gasteiger partial charge on any atom is -0.497 e. The highest BCUT2D eigenvalue weighted by Crippen LogP contribution is 2.25. The SMILES string of the molecule is CCNc1ccnc(CN2C(=O)NC(C)(CCc3ccc(OC)cc3)C2=O)c1. The molecule has 2 N–H and O–H groups in total. The number of benzene rings is 1. The summed E-state index contributed by atoms with van der Waals surface area (Å²) in [5, 5.41) is 6.06. The molecule has 1 aromatic heterocycles. The highest BCUT2D eigenvalue weighted by Gasteiger charge is 2.47. The van der Waals surface area contributed by atoms with Crippen LogP contribution in [-0.4, -0.2) is 41.0 Å². The van der Waals surface area contributed by atoms with E-state index in [-0.39, 0.29) is 18.5 Å². The molecular formula is C21H26N4O3. The maximum Gasteiger partial charge on any atom is 0.325 e. The van der Waals surface area contributed by atoms with Crippen LogP contribution < -0.4 is 15.4 Å². The van der Waals surface area contributed by atoms with Gasteiger partial charge in [-0.1, -0.05) is 12.1 Å². The number of ether oxygens (including phenoxy) is 1. The standard InChI is InChI=1S/C21H26N4O3/c1-4-22-16-10-12-23-17(13-16)14-25-19(26)21(2,24-20(25)27)11-9-15-5-7-18(28-3)8-6-15/h5-8,10,12-13H,4,9,11,14H2,1-3H3,(H,22,23)(H,24,27). The number of rotatable bonds is 8. The van der Waals surface area contributed by atoms with E-state index >= 15 is 0 Å². The second-order valence-corrected chi connectivity index (χ2v) is 7.07. The quantitative estimate of drug-likeness (QED) is 0.686. The molecule has 3 rings (SSSR count). The molecule has 2 aromatic rings. The molecule has 1 aromatic carbocycles. The van der Waals surface area contributed by atoms with Crippen LogP contribution in [0.25, 0.3) is 0 Å². The topological polar surface area (TPSA) is 83.6 Å². The van der Waals surface area contributed by atoms with E-state index in [0.717, 1.165) is 23.5 Å². The first-order valence-electron chi connectivity index (χ1n) is 9.41. The third-order valence-corrected chi connectivity index (χ3v) is 4.94. The number of aryl methyl sites for hydroxylation is 1. The molecule has 1 aliphatic heterocycles. The molecule has 0 spiro atoms. The fraction of sp³-hybridized carbons (Fsp3) is 0.381. The van der Waals surface area contributed by atoms with Gasteiger partial charge in [0.2, 0.25) is 0 Å². The highest BCUT2D eigenvalue weighted by molar-refractivity contribution is 6.06. The third kappa shape index (κ3) is 4.24. The zero-order valence-electron chi connectivity index (χ0n) is 16.5. The van der Waals surface area contributed by atoms with Crippen molar-refractivity contribution < 1.29 is 14.3 Å². The predicted molar refractivity (Wildman–Crippen MR) is 107 cm³/mol. The Hall–Kier alpha value is -3.09. The van der Waals surface area contributed by atoms with Gasteiger partial charge in [0.15, 0.2) is 0 Å². The monoisotopic (exact) mass is 382 g/mol. The van der Waals surface area contributed by atoms with Crippen molar-refractivity contribution in [3.8, 4) is 5.75 Å². The minimum absolute atomic E-state index is 0.155. The Morgan fingerprint density at radius 2 is 1.96 bits per heavy atom. The van der Waals surface area contributed by atoms with E-state index in [9.17, 15) is 9.59 Å². The van der Waals surface area contributed by atoms with Crippen molar-refractivity contribution in [3.05, 3.63) is 53.9 Å². The first kappa shape index (κ1) is 19.7. The number of hydrogen-bond donors (Lipinski definition) is 2. The molecule has 0 bridgehead atoms. The van der Waals surface area contributed by atoms with Gasteiger partial charge in [0, 0.05) is 18.4 Å². The Labute approximate surface area is 165 Å². The van der Waals surface area contributed by atoms with Crippen LogP contribution in [0.2, 0.25) is 0 Å².